The van der Waals surface area contributed by atoms with Crippen LogP contribution in [0.4, 0.5) is 0 Å². The van der Waals surface area contributed by atoms with Crippen LogP contribution in [0.5, 0.6) is 0 Å². The van der Waals surface area contributed by atoms with Crippen molar-refractivity contribution < 1.29 is 4.79 Å². The number of aromatic nitrogens is 1. The van der Waals surface area contributed by atoms with Crippen molar-refractivity contribution in [2.45, 2.75) is 19.5 Å². The lowest BCUT2D eigenvalue weighted by atomic mass is 10.1. The molecule has 21 heavy (non-hydrogen) atoms. The van der Waals surface area contributed by atoms with Gasteiger partial charge in [0.25, 0.3) is 0 Å². The van der Waals surface area contributed by atoms with E-state index in [1.807, 2.05) is 42.2 Å². The Morgan fingerprint density at radius 2 is 2.00 bits per heavy atom. The predicted octanol–water partition coefficient (Wildman–Crippen LogP) is 2.78. The molecule has 1 heterocycles. The van der Waals surface area contributed by atoms with Crippen LogP contribution < -0.4 is 5.73 Å². The maximum atomic E-state index is 11.3. The summed E-state index contributed by atoms with van der Waals surface area (Å²) in [5.41, 5.74) is 7.22. The van der Waals surface area contributed by atoms with Crippen LogP contribution in [-0.4, -0.2) is 22.3 Å². The van der Waals surface area contributed by atoms with Crippen LogP contribution in [0, 0.1) is 0 Å². The van der Waals surface area contributed by atoms with Gasteiger partial charge < -0.3 is 5.73 Å². The zero-order valence-electron chi connectivity index (χ0n) is 11.9. The first-order chi connectivity index (χ1) is 10.1. The van der Waals surface area contributed by atoms with Gasteiger partial charge in [0, 0.05) is 18.8 Å². The lowest BCUT2D eigenvalue weighted by molar-refractivity contribution is -0.119. The van der Waals surface area contributed by atoms with Gasteiger partial charge in [0.2, 0.25) is 5.91 Å². The smallest absolute Gasteiger partial charge is 0.231 e. The molecule has 1 atom stereocenters. The summed E-state index contributed by atoms with van der Waals surface area (Å²) in [5, 5.41) is 0.590. The molecule has 1 aromatic carbocycles. The van der Waals surface area contributed by atoms with Gasteiger partial charge in [0.15, 0.2) is 0 Å². The third-order valence-corrected chi connectivity index (χ3v) is 3.72. The monoisotopic (exact) mass is 303 g/mol. The van der Waals surface area contributed by atoms with Crippen molar-refractivity contribution >= 4 is 17.5 Å². The van der Waals surface area contributed by atoms with E-state index in [-0.39, 0.29) is 18.5 Å². The molecule has 4 nitrogen and oxygen atoms in total. The highest BCUT2D eigenvalue weighted by Gasteiger charge is 2.19. The highest BCUT2D eigenvalue weighted by atomic mass is 35.5. The van der Waals surface area contributed by atoms with Crippen LogP contribution in [0.15, 0.2) is 48.7 Å². The van der Waals surface area contributed by atoms with E-state index in [0.717, 1.165) is 11.3 Å². The number of carbonyl (C=O) groups is 1. The second-order valence-corrected chi connectivity index (χ2v) is 5.30. The SMILES string of the molecule is C[C@H](c1ccccc1)N(CC(N)=O)Cc1ncccc1Cl. The fourth-order valence-corrected chi connectivity index (χ4v) is 2.38. The Kier molecular flexibility index (Phi) is 5.31. The van der Waals surface area contributed by atoms with Gasteiger partial charge >= 0.3 is 0 Å². The number of pyridine rings is 1. The number of carbonyl (C=O) groups excluding carboxylic acids is 1. The highest BCUT2D eigenvalue weighted by Crippen LogP contribution is 2.23. The summed E-state index contributed by atoms with van der Waals surface area (Å²) >= 11 is 6.15. The van der Waals surface area contributed by atoms with Crippen LogP contribution in [0.1, 0.15) is 24.2 Å². The summed E-state index contributed by atoms with van der Waals surface area (Å²) in [7, 11) is 0. The summed E-state index contributed by atoms with van der Waals surface area (Å²) < 4.78 is 0. The van der Waals surface area contributed by atoms with E-state index in [1.54, 1.807) is 18.3 Å². The summed E-state index contributed by atoms with van der Waals surface area (Å²) in [4.78, 5) is 17.6. The predicted molar refractivity (Wildman–Crippen MR) is 83.7 cm³/mol. The summed E-state index contributed by atoms with van der Waals surface area (Å²) in [5.74, 6) is -0.371. The van der Waals surface area contributed by atoms with Gasteiger partial charge in [-0.05, 0) is 24.6 Å². The first kappa shape index (κ1) is 15.5. The first-order valence-corrected chi connectivity index (χ1v) is 7.12. The number of amides is 1. The number of halogens is 1. The van der Waals surface area contributed by atoms with Crippen molar-refractivity contribution in [3.8, 4) is 0 Å². The minimum atomic E-state index is -0.371. The molecular formula is C16H18ClN3O. The molecule has 1 aromatic heterocycles. The van der Waals surface area contributed by atoms with E-state index < -0.39 is 0 Å². The minimum absolute atomic E-state index is 0.0387. The average Bonchev–Trinajstić information content (AvgIpc) is 2.48. The fraction of sp³-hybridized carbons (Fsp3) is 0.250. The normalized spacial score (nSPS) is 12.3. The Labute approximate surface area is 129 Å². The lowest BCUT2D eigenvalue weighted by Gasteiger charge is -2.28. The second-order valence-electron chi connectivity index (χ2n) is 4.89. The quantitative estimate of drug-likeness (QED) is 0.892. The minimum Gasteiger partial charge on any atom is -0.369 e. The van der Waals surface area contributed by atoms with E-state index in [1.165, 1.54) is 0 Å². The Hall–Kier alpha value is -1.91. The molecule has 1 amide bonds. The van der Waals surface area contributed by atoms with Gasteiger partial charge in [-0.1, -0.05) is 41.9 Å². The molecule has 2 aromatic rings. The maximum Gasteiger partial charge on any atom is 0.231 e. The second kappa shape index (κ2) is 7.20. The molecule has 0 spiro atoms. The van der Waals surface area contributed by atoms with Gasteiger partial charge in [-0.2, -0.15) is 0 Å². The third-order valence-electron chi connectivity index (χ3n) is 3.38. The molecule has 2 rings (SSSR count). The van der Waals surface area contributed by atoms with Crippen molar-refractivity contribution in [3.05, 3.63) is 64.9 Å². The number of primary amides is 1. The van der Waals surface area contributed by atoms with Crippen LogP contribution in [-0.2, 0) is 11.3 Å². The van der Waals surface area contributed by atoms with E-state index >= 15 is 0 Å². The number of rotatable bonds is 6. The lowest BCUT2D eigenvalue weighted by Crippen LogP contribution is -2.35. The van der Waals surface area contributed by atoms with Crippen molar-refractivity contribution in [1.82, 2.24) is 9.88 Å². The molecule has 0 bridgehead atoms. The number of nitrogens with zero attached hydrogens (tertiary/aromatic N) is 2. The molecule has 0 unspecified atom stereocenters. The Balaban J connectivity index is 2.22. The molecule has 0 aliphatic heterocycles. The zero-order valence-corrected chi connectivity index (χ0v) is 12.6. The van der Waals surface area contributed by atoms with Crippen LogP contribution in [0.2, 0.25) is 5.02 Å². The third kappa shape index (κ3) is 4.28. The van der Waals surface area contributed by atoms with Gasteiger partial charge in [-0.3, -0.25) is 14.7 Å². The average molecular weight is 304 g/mol. The molecule has 0 saturated carbocycles. The first-order valence-electron chi connectivity index (χ1n) is 6.74. The molecule has 110 valence electrons. The zero-order chi connectivity index (χ0) is 15.2. The number of benzene rings is 1. The van der Waals surface area contributed by atoms with Gasteiger partial charge in [-0.15, -0.1) is 0 Å². The van der Waals surface area contributed by atoms with Crippen LogP contribution in [0.25, 0.3) is 0 Å². The Morgan fingerprint density at radius 1 is 1.29 bits per heavy atom. The molecule has 5 heteroatoms. The summed E-state index contributed by atoms with van der Waals surface area (Å²) in [6, 6.07) is 13.6. The largest absolute Gasteiger partial charge is 0.369 e. The number of hydrogen-bond acceptors (Lipinski definition) is 3. The van der Waals surface area contributed by atoms with E-state index in [9.17, 15) is 4.79 Å². The van der Waals surface area contributed by atoms with Crippen LogP contribution in [0.3, 0.4) is 0 Å². The van der Waals surface area contributed by atoms with Gasteiger partial charge in [0.05, 0.1) is 17.3 Å². The molecule has 0 fully saturated rings. The topological polar surface area (TPSA) is 59.2 Å². The van der Waals surface area contributed by atoms with Crippen molar-refractivity contribution in [2.24, 2.45) is 5.73 Å². The standard InChI is InChI=1S/C16H18ClN3O/c1-12(13-6-3-2-4-7-13)20(11-16(18)21)10-15-14(17)8-5-9-19-15/h2-9,12H,10-11H2,1H3,(H2,18,21)/t12-/m1/s1. The molecule has 0 saturated heterocycles. The van der Waals surface area contributed by atoms with E-state index in [0.29, 0.717) is 11.6 Å². The molecule has 2 N–H and O–H groups in total. The Morgan fingerprint density at radius 3 is 2.62 bits per heavy atom. The molecule has 0 aliphatic rings. The Bertz CT molecular complexity index is 603. The van der Waals surface area contributed by atoms with Gasteiger partial charge in [0.1, 0.15) is 0 Å². The number of hydrogen-bond donors (Lipinski definition) is 1. The van der Waals surface area contributed by atoms with E-state index in [2.05, 4.69) is 4.98 Å². The highest BCUT2D eigenvalue weighted by molar-refractivity contribution is 6.31. The van der Waals surface area contributed by atoms with Crippen molar-refractivity contribution in [1.29, 1.82) is 0 Å². The summed E-state index contributed by atoms with van der Waals surface area (Å²) in [6.45, 7) is 2.66. The molecular weight excluding hydrogens is 286 g/mol. The molecule has 0 aliphatic carbocycles. The van der Waals surface area contributed by atoms with Crippen molar-refractivity contribution in [2.75, 3.05) is 6.54 Å². The molecule has 0 radical (unpaired) electrons. The number of nitrogens with two attached hydrogens (primary N) is 1. The van der Waals surface area contributed by atoms with Crippen LogP contribution >= 0.6 is 11.6 Å². The van der Waals surface area contributed by atoms with E-state index in [4.69, 9.17) is 17.3 Å². The summed E-state index contributed by atoms with van der Waals surface area (Å²) in [6.07, 6.45) is 1.69. The van der Waals surface area contributed by atoms with Crippen molar-refractivity contribution in [3.63, 3.8) is 0 Å². The fourth-order valence-electron chi connectivity index (χ4n) is 2.20. The maximum absolute atomic E-state index is 11.3. The van der Waals surface area contributed by atoms with Gasteiger partial charge in [-0.25, -0.2) is 0 Å².